The minimum atomic E-state index is 0.487. The molecule has 2 aromatic rings. The number of oxime groups is 1. The number of aromatic nitrogens is 1. The fraction of sp³-hybridized carbons (Fsp3) is 0.609. The third kappa shape index (κ3) is 3.77. The quantitative estimate of drug-likeness (QED) is 0.452. The number of rotatable bonds is 4. The molecule has 1 N–H and O–H groups in total. The molecule has 1 saturated heterocycles. The lowest BCUT2D eigenvalue weighted by Gasteiger charge is -2.42. The van der Waals surface area contributed by atoms with Gasteiger partial charge in [-0.3, -0.25) is 0 Å². The summed E-state index contributed by atoms with van der Waals surface area (Å²) in [6.45, 7) is 7.13. The maximum atomic E-state index is 9.09. The summed E-state index contributed by atoms with van der Waals surface area (Å²) >= 11 is 0. The summed E-state index contributed by atoms with van der Waals surface area (Å²) in [6.07, 6.45) is 9.50. The summed E-state index contributed by atoms with van der Waals surface area (Å²) in [5, 5.41) is 13.6. The van der Waals surface area contributed by atoms with E-state index in [4.69, 9.17) is 5.21 Å². The third-order valence-electron chi connectivity index (χ3n) is 7.03. The predicted octanol–water partition coefficient (Wildman–Crippen LogP) is 5.30. The highest BCUT2D eigenvalue weighted by atomic mass is 16.4. The van der Waals surface area contributed by atoms with Crippen LogP contribution in [0.1, 0.15) is 64.1 Å². The first kappa shape index (κ1) is 18.5. The number of hydrogen-bond acceptors (Lipinski definition) is 3. The Hall–Kier alpha value is -1.81. The van der Waals surface area contributed by atoms with E-state index in [2.05, 4.69) is 58.8 Å². The number of fused-ring (bicyclic) bond motifs is 1. The van der Waals surface area contributed by atoms with Crippen LogP contribution < -0.4 is 0 Å². The molecule has 1 saturated carbocycles. The van der Waals surface area contributed by atoms with Gasteiger partial charge in [0.25, 0.3) is 0 Å². The van der Waals surface area contributed by atoms with E-state index in [1.54, 1.807) is 6.21 Å². The lowest BCUT2D eigenvalue weighted by atomic mass is 9.79. The summed E-state index contributed by atoms with van der Waals surface area (Å²) in [5.41, 5.74) is 2.26. The van der Waals surface area contributed by atoms with Crippen molar-refractivity contribution < 1.29 is 5.21 Å². The van der Waals surface area contributed by atoms with Crippen molar-refractivity contribution in [2.45, 2.75) is 64.5 Å². The van der Waals surface area contributed by atoms with E-state index in [0.717, 1.165) is 23.6 Å². The molecule has 4 rings (SSSR count). The highest BCUT2D eigenvalue weighted by Crippen LogP contribution is 2.35. The number of benzene rings is 1. The van der Waals surface area contributed by atoms with E-state index in [1.807, 2.05) is 0 Å². The molecule has 4 nitrogen and oxygen atoms in total. The number of hydrogen-bond donors (Lipinski definition) is 1. The lowest BCUT2D eigenvalue weighted by Crippen LogP contribution is -2.44. The van der Waals surface area contributed by atoms with Crippen molar-refractivity contribution >= 4 is 17.1 Å². The minimum Gasteiger partial charge on any atom is -0.411 e. The van der Waals surface area contributed by atoms with E-state index in [1.165, 1.54) is 62.5 Å². The van der Waals surface area contributed by atoms with Crippen molar-refractivity contribution in [3.63, 3.8) is 0 Å². The van der Waals surface area contributed by atoms with Crippen molar-refractivity contribution in [1.29, 1.82) is 0 Å². The number of likely N-dealkylation sites (tertiary alicyclic amines) is 1. The van der Waals surface area contributed by atoms with Gasteiger partial charge in [0.1, 0.15) is 0 Å². The number of piperidine rings is 1. The summed E-state index contributed by atoms with van der Waals surface area (Å²) in [4.78, 5) is 2.75. The minimum absolute atomic E-state index is 0.487. The lowest BCUT2D eigenvalue weighted by molar-refractivity contribution is 0.0893. The van der Waals surface area contributed by atoms with Gasteiger partial charge >= 0.3 is 0 Å². The molecule has 1 aromatic carbocycles. The van der Waals surface area contributed by atoms with Gasteiger partial charge in [-0.05, 0) is 62.5 Å². The molecule has 0 amide bonds. The Kier molecular flexibility index (Phi) is 5.53. The summed E-state index contributed by atoms with van der Waals surface area (Å²) in [5.74, 6) is 1.77. The first-order chi connectivity index (χ1) is 13.2. The van der Waals surface area contributed by atoms with Crippen LogP contribution in [0, 0.1) is 11.8 Å². The Morgan fingerprint density at radius 3 is 2.37 bits per heavy atom. The summed E-state index contributed by atoms with van der Waals surface area (Å²) < 4.78 is 2.39. The molecule has 2 fully saturated rings. The fourth-order valence-electron chi connectivity index (χ4n) is 5.41. The van der Waals surface area contributed by atoms with Crippen molar-refractivity contribution in [2.75, 3.05) is 13.1 Å². The molecule has 1 aliphatic heterocycles. The first-order valence-electron chi connectivity index (χ1n) is 10.7. The normalized spacial score (nSPS) is 25.7. The molecule has 2 aliphatic rings. The van der Waals surface area contributed by atoms with Gasteiger partial charge in [-0.1, -0.05) is 37.2 Å². The summed E-state index contributed by atoms with van der Waals surface area (Å²) in [7, 11) is 0. The topological polar surface area (TPSA) is 40.8 Å². The SMILES string of the molecule is CC(C)C1CCC(N2CCC(n3c(/C=N/O)cc4ccccc43)CC2)CC1. The van der Waals surface area contributed by atoms with Crippen molar-refractivity contribution in [3.05, 3.63) is 36.0 Å². The second kappa shape index (κ2) is 8.05. The molecule has 1 aromatic heterocycles. The van der Waals surface area contributed by atoms with Gasteiger partial charge in [0.2, 0.25) is 0 Å². The van der Waals surface area contributed by atoms with Crippen molar-refractivity contribution in [1.82, 2.24) is 9.47 Å². The van der Waals surface area contributed by atoms with Crippen molar-refractivity contribution in [3.8, 4) is 0 Å². The van der Waals surface area contributed by atoms with Gasteiger partial charge in [-0.15, -0.1) is 0 Å². The molecule has 0 atom stereocenters. The van der Waals surface area contributed by atoms with Crippen LogP contribution in [0.4, 0.5) is 0 Å². The molecule has 27 heavy (non-hydrogen) atoms. The fourth-order valence-corrected chi connectivity index (χ4v) is 5.41. The molecule has 2 heterocycles. The van der Waals surface area contributed by atoms with Crippen LogP contribution in [0.15, 0.2) is 35.5 Å². The molecular weight excluding hydrogens is 334 g/mol. The van der Waals surface area contributed by atoms with E-state index in [0.29, 0.717) is 6.04 Å². The standard InChI is InChI=1S/C23H33N3O/c1-17(2)18-7-9-20(10-8-18)25-13-11-21(12-14-25)26-22(16-24-27)15-19-5-3-4-6-23(19)26/h3-6,15-18,20-21,27H,7-14H2,1-2H3/b24-16+. The van der Waals surface area contributed by atoms with Crippen LogP contribution in [-0.2, 0) is 0 Å². The second-order valence-electron chi connectivity index (χ2n) is 8.82. The van der Waals surface area contributed by atoms with Crippen LogP contribution in [0.5, 0.6) is 0 Å². The van der Waals surface area contributed by atoms with Gasteiger partial charge in [-0.25, -0.2) is 0 Å². The largest absolute Gasteiger partial charge is 0.411 e. The van der Waals surface area contributed by atoms with E-state index < -0.39 is 0 Å². The molecule has 0 spiro atoms. The summed E-state index contributed by atoms with van der Waals surface area (Å²) in [6, 6.07) is 11.9. The Morgan fingerprint density at radius 1 is 1.00 bits per heavy atom. The van der Waals surface area contributed by atoms with Gasteiger partial charge in [0, 0.05) is 36.1 Å². The monoisotopic (exact) mass is 367 g/mol. The highest BCUT2D eigenvalue weighted by molar-refractivity contribution is 5.90. The third-order valence-corrected chi connectivity index (χ3v) is 7.03. The van der Waals surface area contributed by atoms with Gasteiger partial charge in [0.05, 0.1) is 11.9 Å². The average molecular weight is 368 g/mol. The van der Waals surface area contributed by atoms with Gasteiger partial charge in [-0.2, -0.15) is 0 Å². The molecule has 0 unspecified atom stereocenters. The molecular formula is C23H33N3O. The smallest absolute Gasteiger partial charge is 0.0898 e. The Labute approximate surface area is 162 Å². The zero-order valence-electron chi connectivity index (χ0n) is 16.7. The van der Waals surface area contributed by atoms with Gasteiger partial charge < -0.3 is 14.7 Å². The zero-order chi connectivity index (χ0) is 18.8. The van der Waals surface area contributed by atoms with Crippen LogP contribution in [-0.4, -0.2) is 40.0 Å². The van der Waals surface area contributed by atoms with E-state index >= 15 is 0 Å². The molecule has 146 valence electrons. The number of para-hydroxylation sites is 1. The van der Waals surface area contributed by atoms with Crippen LogP contribution >= 0.6 is 0 Å². The number of nitrogens with zero attached hydrogens (tertiary/aromatic N) is 3. The molecule has 0 bridgehead atoms. The van der Waals surface area contributed by atoms with Gasteiger partial charge in [0.15, 0.2) is 0 Å². The highest BCUT2D eigenvalue weighted by Gasteiger charge is 2.31. The zero-order valence-corrected chi connectivity index (χ0v) is 16.7. The van der Waals surface area contributed by atoms with Crippen molar-refractivity contribution in [2.24, 2.45) is 17.0 Å². The average Bonchev–Trinajstić information content (AvgIpc) is 3.06. The Bertz CT molecular complexity index is 778. The van der Waals surface area contributed by atoms with E-state index in [9.17, 15) is 0 Å². The Balaban J connectivity index is 1.44. The van der Waals surface area contributed by atoms with Crippen LogP contribution in [0.2, 0.25) is 0 Å². The van der Waals surface area contributed by atoms with E-state index in [-0.39, 0.29) is 0 Å². The molecule has 4 heteroatoms. The maximum Gasteiger partial charge on any atom is 0.0898 e. The Morgan fingerprint density at radius 2 is 1.70 bits per heavy atom. The maximum absolute atomic E-state index is 9.09. The first-order valence-corrected chi connectivity index (χ1v) is 10.7. The predicted molar refractivity (Wildman–Crippen MR) is 112 cm³/mol. The molecule has 0 radical (unpaired) electrons. The van der Waals surface area contributed by atoms with Crippen LogP contribution in [0.25, 0.3) is 10.9 Å². The second-order valence-corrected chi connectivity index (χ2v) is 8.82. The molecule has 1 aliphatic carbocycles. The van der Waals surface area contributed by atoms with Crippen LogP contribution in [0.3, 0.4) is 0 Å².